The zero-order valence-corrected chi connectivity index (χ0v) is 20.1. The summed E-state index contributed by atoms with van der Waals surface area (Å²) in [4.78, 5) is 14.1. The summed E-state index contributed by atoms with van der Waals surface area (Å²) in [7, 11) is -2.51. The Hall–Kier alpha value is -2.11. The number of nitrogens with zero attached hydrogens (tertiary/aromatic N) is 1. The lowest BCUT2D eigenvalue weighted by atomic mass is 10.2. The molecule has 1 atom stereocenters. The van der Waals surface area contributed by atoms with E-state index in [1.807, 2.05) is 20.8 Å². The molecule has 0 bridgehead atoms. The molecule has 0 saturated carbocycles. The van der Waals surface area contributed by atoms with Crippen molar-refractivity contribution in [3.05, 3.63) is 60.7 Å². The summed E-state index contributed by atoms with van der Waals surface area (Å²) in [5, 5.41) is 2.52. The predicted octanol–water partition coefficient (Wildman–Crippen LogP) is 4.57. The first kappa shape index (κ1) is 22.6. The molecule has 5 heteroatoms. The SMILES string of the molecule is CC(C)(C)OC(=O)N1CC1CCO[Si](c1ccccc1)(c1ccccc1)C(C)(C)C. The van der Waals surface area contributed by atoms with Gasteiger partial charge in [-0.1, -0.05) is 81.4 Å². The second-order valence-corrected chi connectivity index (χ2v) is 14.4. The standard InChI is InChI=1S/C25H35NO3Si/c1-24(2,3)29-23(27)26-19-20(26)17-18-28-30(25(4,5)6,21-13-9-7-10-14-21)22-15-11-8-12-16-22/h7-16,20H,17-19H2,1-6H3. The number of carbonyl (C=O) groups excluding carboxylic acids is 1. The van der Waals surface area contributed by atoms with E-state index in [4.69, 9.17) is 9.16 Å². The van der Waals surface area contributed by atoms with Crippen molar-refractivity contribution in [3.8, 4) is 0 Å². The molecule has 1 heterocycles. The van der Waals surface area contributed by atoms with E-state index < -0.39 is 13.9 Å². The van der Waals surface area contributed by atoms with Crippen LogP contribution in [0.4, 0.5) is 4.79 Å². The van der Waals surface area contributed by atoms with E-state index in [9.17, 15) is 4.79 Å². The number of benzene rings is 2. The number of ether oxygens (including phenoxy) is 1. The summed E-state index contributed by atoms with van der Waals surface area (Å²) in [6.45, 7) is 13.9. The molecule has 0 aromatic heterocycles. The highest BCUT2D eigenvalue weighted by Gasteiger charge is 2.50. The highest BCUT2D eigenvalue weighted by molar-refractivity contribution is 6.99. The summed E-state index contributed by atoms with van der Waals surface area (Å²) < 4.78 is 12.4. The molecule has 0 spiro atoms. The Morgan fingerprint density at radius 3 is 1.87 bits per heavy atom. The van der Waals surface area contributed by atoms with Gasteiger partial charge in [0.2, 0.25) is 0 Å². The Morgan fingerprint density at radius 2 is 1.43 bits per heavy atom. The van der Waals surface area contributed by atoms with Gasteiger partial charge < -0.3 is 14.1 Å². The van der Waals surface area contributed by atoms with E-state index in [1.165, 1.54) is 10.4 Å². The monoisotopic (exact) mass is 425 g/mol. The van der Waals surface area contributed by atoms with Crippen LogP contribution in [0.2, 0.25) is 5.04 Å². The van der Waals surface area contributed by atoms with Crippen LogP contribution in [0.15, 0.2) is 60.7 Å². The van der Waals surface area contributed by atoms with Crippen molar-refractivity contribution < 1.29 is 14.0 Å². The van der Waals surface area contributed by atoms with Crippen molar-refractivity contribution in [1.29, 1.82) is 0 Å². The lowest BCUT2D eigenvalue weighted by molar-refractivity contribution is 0.0403. The highest BCUT2D eigenvalue weighted by Crippen LogP contribution is 2.37. The van der Waals surface area contributed by atoms with Gasteiger partial charge in [-0.05, 0) is 42.6 Å². The summed E-state index contributed by atoms with van der Waals surface area (Å²) in [6, 6.07) is 21.5. The number of carbonyl (C=O) groups is 1. The second-order valence-electron chi connectivity index (χ2n) is 10.1. The molecule has 1 fully saturated rings. The minimum Gasteiger partial charge on any atom is -0.444 e. The van der Waals surface area contributed by atoms with Crippen molar-refractivity contribution in [2.45, 2.75) is 64.6 Å². The Bertz CT molecular complexity index is 801. The van der Waals surface area contributed by atoms with E-state index in [2.05, 4.69) is 81.4 Å². The molecule has 2 aromatic carbocycles. The maximum atomic E-state index is 12.3. The van der Waals surface area contributed by atoms with Gasteiger partial charge in [0.1, 0.15) is 5.60 Å². The summed E-state index contributed by atoms with van der Waals surface area (Å²) in [5.41, 5.74) is -0.463. The van der Waals surface area contributed by atoms with Gasteiger partial charge in [0, 0.05) is 13.2 Å². The molecular weight excluding hydrogens is 390 g/mol. The number of hydrogen-bond acceptors (Lipinski definition) is 3. The van der Waals surface area contributed by atoms with Gasteiger partial charge in [0.15, 0.2) is 0 Å². The van der Waals surface area contributed by atoms with Crippen molar-refractivity contribution in [3.63, 3.8) is 0 Å². The van der Waals surface area contributed by atoms with Gasteiger partial charge in [-0.3, -0.25) is 0 Å². The molecule has 4 nitrogen and oxygen atoms in total. The Morgan fingerprint density at radius 1 is 0.933 bits per heavy atom. The van der Waals surface area contributed by atoms with Gasteiger partial charge in [-0.25, -0.2) is 4.79 Å². The lowest BCUT2D eigenvalue weighted by Gasteiger charge is -2.43. The zero-order chi connectivity index (χ0) is 22.0. The molecule has 1 aliphatic rings. The molecule has 1 aliphatic heterocycles. The van der Waals surface area contributed by atoms with Crippen LogP contribution in [-0.4, -0.2) is 44.1 Å². The normalized spacial score (nSPS) is 17.0. The molecule has 0 aliphatic carbocycles. The van der Waals surface area contributed by atoms with Crippen LogP contribution in [0, 0.1) is 0 Å². The minimum atomic E-state index is -2.51. The summed E-state index contributed by atoms with van der Waals surface area (Å²) in [5.74, 6) is 0. The third-order valence-corrected chi connectivity index (χ3v) is 10.6. The van der Waals surface area contributed by atoms with Crippen LogP contribution >= 0.6 is 0 Å². The molecule has 3 rings (SSSR count). The largest absolute Gasteiger partial charge is 0.444 e. The van der Waals surface area contributed by atoms with Gasteiger partial charge in [-0.15, -0.1) is 0 Å². The molecule has 1 unspecified atom stereocenters. The molecule has 0 radical (unpaired) electrons. The third kappa shape index (κ3) is 4.95. The van der Waals surface area contributed by atoms with Crippen LogP contribution in [0.5, 0.6) is 0 Å². The lowest BCUT2D eigenvalue weighted by Crippen LogP contribution is -2.66. The van der Waals surface area contributed by atoms with E-state index in [-0.39, 0.29) is 17.2 Å². The Balaban J connectivity index is 1.77. The van der Waals surface area contributed by atoms with Crippen LogP contribution in [0.3, 0.4) is 0 Å². The summed E-state index contributed by atoms with van der Waals surface area (Å²) >= 11 is 0. The van der Waals surface area contributed by atoms with Gasteiger partial charge >= 0.3 is 6.09 Å². The molecule has 1 amide bonds. The van der Waals surface area contributed by atoms with E-state index >= 15 is 0 Å². The third-order valence-electron chi connectivity index (χ3n) is 5.53. The average molecular weight is 426 g/mol. The van der Waals surface area contributed by atoms with E-state index in [0.29, 0.717) is 6.61 Å². The van der Waals surface area contributed by atoms with Crippen LogP contribution in [-0.2, 0) is 9.16 Å². The van der Waals surface area contributed by atoms with Crippen molar-refractivity contribution in [2.24, 2.45) is 0 Å². The first-order valence-corrected chi connectivity index (χ1v) is 12.7. The first-order valence-electron chi connectivity index (χ1n) is 10.8. The smallest absolute Gasteiger partial charge is 0.410 e. The average Bonchev–Trinajstić information content (AvgIpc) is 3.44. The zero-order valence-electron chi connectivity index (χ0n) is 19.1. The fraction of sp³-hybridized carbons (Fsp3) is 0.480. The fourth-order valence-corrected chi connectivity index (χ4v) is 8.66. The highest BCUT2D eigenvalue weighted by atomic mass is 28.4. The quantitative estimate of drug-likeness (QED) is 0.503. The Kier molecular flexibility index (Phi) is 6.44. The second kappa shape index (κ2) is 8.56. The van der Waals surface area contributed by atoms with Crippen molar-refractivity contribution in [1.82, 2.24) is 4.90 Å². The maximum absolute atomic E-state index is 12.3. The molecule has 2 aromatic rings. The fourth-order valence-electron chi connectivity index (χ4n) is 4.08. The number of amides is 1. The number of hydrogen-bond donors (Lipinski definition) is 0. The minimum absolute atomic E-state index is 0.0376. The summed E-state index contributed by atoms with van der Waals surface area (Å²) in [6.07, 6.45) is 0.599. The predicted molar refractivity (Wildman–Crippen MR) is 125 cm³/mol. The molecule has 162 valence electrons. The van der Waals surface area contributed by atoms with Crippen molar-refractivity contribution >= 4 is 24.8 Å². The van der Waals surface area contributed by atoms with Crippen LogP contribution < -0.4 is 10.4 Å². The topological polar surface area (TPSA) is 38.5 Å². The van der Waals surface area contributed by atoms with E-state index in [1.54, 1.807) is 4.90 Å². The van der Waals surface area contributed by atoms with Crippen molar-refractivity contribution in [2.75, 3.05) is 13.2 Å². The first-order chi connectivity index (χ1) is 14.0. The van der Waals surface area contributed by atoms with E-state index in [0.717, 1.165) is 13.0 Å². The maximum Gasteiger partial charge on any atom is 0.410 e. The molecule has 30 heavy (non-hydrogen) atoms. The number of rotatable bonds is 6. The molecule has 1 saturated heterocycles. The van der Waals surface area contributed by atoms with Gasteiger partial charge in [0.25, 0.3) is 8.32 Å². The Labute approximate surface area is 182 Å². The molecule has 0 N–H and O–H groups in total. The molecular formula is C25H35NO3Si. The van der Waals surface area contributed by atoms with Crippen LogP contribution in [0.1, 0.15) is 48.0 Å². The van der Waals surface area contributed by atoms with Gasteiger partial charge in [-0.2, -0.15) is 0 Å². The van der Waals surface area contributed by atoms with Gasteiger partial charge in [0.05, 0.1) is 6.04 Å². The van der Waals surface area contributed by atoms with Crippen LogP contribution in [0.25, 0.3) is 0 Å².